The van der Waals surface area contributed by atoms with Gasteiger partial charge in [-0.1, -0.05) is 26.2 Å². The van der Waals surface area contributed by atoms with Crippen LogP contribution in [0.5, 0.6) is 0 Å². The first-order valence-electron chi connectivity index (χ1n) is 8.31. The summed E-state index contributed by atoms with van der Waals surface area (Å²) in [7, 11) is 0. The lowest BCUT2D eigenvalue weighted by Crippen LogP contribution is -2.52. The maximum Gasteiger partial charge on any atom is 0.323 e. The Balaban J connectivity index is 1.60. The highest BCUT2D eigenvalue weighted by molar-refractivity contribution is 5.76. The molecule has 2 fully saturated rings. The summed E-state index contributed by atoms with van der Waals surface area (Å²) in [6, 6.07) is 0.445. The van der Waals surface area contributed by atoms with E-state index in [4.69, 9.17) is 9.47 Å². The second-order valence-electron chi connectivity index (χ2n) is 6.08. The van der Waals surface area contributed by atoms with Gasteiger partial charge in [0, 0.05) is 12.6 Å². The topological polar surface area (TPSA) is 47.6 Å². The van der Waals surface area contributed by atoms with Gasteiger partial charge in [-0.3, -0.25) is 4.79 Å². The fourth-order valence-corrected chi connectivity index (χ4v) is 3.33. The van der Waals surface area contributed by atoms with Crippen molar-refractivity contribution >= 4 is 5.97 Å². The highest BCUT2D eigenvalue weighted by atomic mass is 16.6. The minimum absolute atomic E-state index is 0.0897. The van der Waals surface area contributed by atoms with E-state index in [1.807, 2.05) is 0 Å². The van der Waals surface area contributed by atoms with Crippen molar-refractivity contribution in [3.05, 3.63) is 0 Å². The molecule has 4 heteroatoms. The van der Waals surface area contributed by atoms with Crippen LogP contribution < -0.4 is 5.32 Å². The zero-order valence-corrected chi connectivity index (χ0v) is 12.7. The van der Waals surface area contributed by atoms with Crippen LogP contribution in [0.25, 0.3) is 0 Å². The number of hydrogen-bond donors (Lipinski definition) is 1. The first-order valence-corrected chi connectivity index (χ1v) is 8.31. The second kappa shape index (κ2) is 8.63. The van der Waals surface area contributed by atoms with Crippen LogP contribution in [0.2, 0.25) is 0 Å². The number of hydrogen-bond acceptors (Lipinski definition) is 4. The number of unbranched alkanes of at least 4 members (excludes halogenated alkanes) is 1. The second-order valence-corrected chi connectivity index (χ2v) is 6.08. The van der Waals surface area contributed by atoms with Crippen molar-refractivity contribution in [3.8, 4) is 0 Å². The molecule has 3 unspecified atom stereocenters. The van der Waals surface area contributed by atoms with Gasteiger partial charge >= 0.3 is 5.97 Å². The number of ether oxygens (including phenoxy) is 2. The van der Waals surface area contributed by atoms with Gasteiger partial charge in [-0.05, 0) is 38.0 Å². The molecule has 4 nitrogen and oxygen atoms in total. The maximum absolute atomic E-state index is 12.0. The lowest BCUT2D eigenvalue weighted by Gasteiger charge is -2.39. The van der Waals surface area contributed by atoms with Crippen molar-refractivity contribution < 1.29 is 14.3 Å². The minimum Gasteiger partial charge on any atom is -0.462 e. The molecular weight excluding hydrogens is 254 g/mol. The Labute approximate surface area is 122 Å². The number of esters is 1. The summed E-state index contributed by atoms with van der Waals surface area (Å²) in [5.41, 5.74) is 0. The summed E-state index contributed by atoms with van der Waals surface area (Å²) < 4.78 is 10.7. The largest absolute Gasteiger partial charge is 0.462 e. The van der Waals surface area contributed by atoms with Crippen LogP contribution in [0.4, 0.5) is 0 Å². The summed E-state index contributed by atoms with van der Waals surface area (Å²) in [5.74, 6) is 0.693. The summed E-state index contributed by atoms with van der Waals surface area (Å²) in [6.07, 6.45) is 9.49. The number of fused-ring (bicyclic) bond motifs is 1. The van der Waals surface area contributed by atoms with Crippen molar-refractivity contribution in [2.24, 2.45) is 5.92 Å². The first-order chi connectivity index (χ1) is 9.81. The van der Waals surface area contributed by atoms with Gasteiger partial charge in [-0.25, -0.2) is 0 Å². The molecule has 0 aromatic rings. The van der Waals surface area contributed by atoms with E-state index in [0.29, 0.717) is 19.3 Å². The van der Waals surface area contributed by atoms with Crippen molar-refractivity contribution in [3.63, 3.8) is 0 Å². The van der Waals surface area contributed by atoms with Gasteiger partial charge in [0.2, 0.25) is 0 Å². The summed E-state index contributed by atoms with van der Waals surface area (Å²) in [6.45, 7) is 3.80. The molecule has 2 aliphatic rings. The van der Waals surface area contributed by atoms with Crippen LogP contribution in [0.3, 0.4) is 0 Å². The molecule has 1 aliphatic carbocycles. The molecule has 1 saturated heterocycles. The third kappa shape index (κ3) is 4.74. The molecule has 2 rings (SSSR count). The van der Waals surface area contributed by atoms with Gasteiger partial charge in [0.1, 0.15) is 12.6 Å². The number of rotatable bonds is 7. The van der Waals surface area contributed by atoms with E-state index in [2.05, 4.69) is 12.2 Å². The molecular formula is C16H29NO3. The van der Waals surface area contributed by atoms with Gasteiger partial charge in [0.05, 0.1) is 6.61 Å². The van der Waals surface area contributed by atoms with Gasteiger partial charge in [0.25, 0.3) is 0 Å². The van der Waals surface area contributed by atoms with Gasteiger partial charge in [-0.15, -0.1) is 0 Å². The lowest BCUT2D eigenvalue weighted by atomic mass is 9.78. The van der Waals surface area contributed by atoms with Crippen molar-refractivity contribution in [2.75, 3.05) is 19.8 Å². The normalized spacial score (nSPS) is 29.8. The molecule has 1 heterocycles. The van der Waals surface area contributed by atoms with Crippen LogP contribution >= 0.6 is 0 Å². The molecule has 20 heavy (non-hydrogen) atoms. The number of nitrogens with one attached hydrogen (secondary N) is 1. The van der Waals surface area contributed by atoms with Gasteiger partial charge in [-0.2, -0.15) is 0 Å². The summed E-state index contributed by atoms with van der Waals surface area (Å²) in [5, 5.41) is 3.50. The Bertz CT molecular complexity index is 295. The molecule has 0 radical (unpaired) electrons. The average molecular weight is 283 g/mol. The monoisotopic (exact) mass is 283 g/mol. The zero-order chi connectivity index (χ0) is 14.2. The molecule has 1 saturated carbocycles. The van der Waals surface area contributed by atoms with E-state index in [1.54, 1.807) is 0 Å². The number of carbonyl (C=O) groups is 1. The summed E-state index contributed by atoms with van der Waals surface area (Å²) >= 11 is 0. The molecule has 3 atom stereocenters. The smallest absolute Gasteiger partial charge is 0.323 e. The Kier molecular flexibility index (Phi) is 6.80. The quantitative estimate of drug-likeness (QED) is 0.576. The lowest BCUT2D eigenvalue weighted by molar-refractivity contribution is -0.149. The van der Waals surface area contributed by atoms with E-state index >= 15 is 0 Å². The van der Waals surface area contributed by atoms with E-state index in [0.717, 1.165) is 31.8 Å². The molecule has 0 spiro atoms. The Hall–Kier alpha value is -0.610. The fraction of sp³-hybridized carbons (Fsp3) is 0.938. The predicted molar refractivity (Wildman–Crippen MR) is 78.6 cm³/mol. The molecule has 116 valence electrons. The molecule has 1 aliphatic heterocycles. The van der Waals surface area contributed by atoms with Crippen LogP contribution in [-0.2, 0) is 14.3 Å². The fourth-order valence-electron chi connectivity index (χ4n) is 3.33. The number of piperidine rings is 1. The van der Waals surface area contributed by atoms with Gasteiger partial charge in [0.15, 0.2) is 0 Å². The maximum atomic E-state index is 12.0. The van der Waals surface area contributed by atoms with Crippen molar-refractivity contribution in [1.29, 1.82) is 0 Å². The Morgan fingerprint density at radius 3 is 2.80 bits per heavy atom. The van der Waals surface area contributed by atoms with E-state index < -0.39 is 0 Å². The molecule has 0 aromatic heterocycles. The van der Waals surface area contributed by atoms with Crippen molar-refractivity contribution in [2.45, 2.75) is 70.4 Å². The van der Waals surface area contributed by atoms with E-state index in [9.17, 15) is 4.79 Å². The first kappa shape index (κ1) is 15.8. The van der Waals surface area contributed by atoms with Crippen LogP contribution in [-0.4, -0.2) is 37.9 Å². The molecule has 0 amide bonds. The van der Waals surface area contributed by atoms with Crippen molar-refractivity contribution in [1.82, 2.24) is 5.32 Å². The standard InChI is InChI=1S/C16H29NO3/c1-2-3-10-19-11-12-20-16(18)15-9-8-13-6-4-5-7-14(13)17-15/h13-15,17H,2-12H2,1H3. The zero-order valence-electron chi connectivity index (χ0n) is 12.7. The third-order valence-electron chi connectivity index (χ3n) is 4.55. The van der Waals surface area contributed by atoms with Crippen LogP contribution in [0.1, 0.15) is 58.3 Å². The highest BCUT2D eigenvalue weighted by Crippen LogP contribution is 2.32. The van der Waals surface area contributed by atoms with Gasteiger partial charge < -0.3 is 14.8 Å². The summed E-state index contributed by atoms with van der Waals surface area (Å²) in [4.78, 5) is 12.0. The SMILES string of the molecule is CCCCOCCOC(=O)C1CCC2CCCCC2N1. The molecule has 0 bridgehead atoms. The van der Waals surface area contributed by atoms with E-state index in [-0.39, 0.29) is 12.0 Å². The van der Waals surface area contributed by atoms with E-state index in [1.165, 1.54) is 32.1 Å². The highest BCUT2D eigenvalue weighted by Gasteiger charge is 2.34. The molecule has 0 aromatic carbocycles. The Morgan fingerprint density at radius 2 is 1.95 bits per heavy atom. The van der Waals surface area contributed by atoms with Crippen LogP contribution in [0, 0.1) is 5.92 Å². The predicted octanol–water partition coefficient (Wildman–Crippen LogP) is 2.66. The molecule has 1 N–H and O–H groups in total. The Morgan fingerprint density at radius 1 is 1.10 bits per heavy atom. The van der Waals surface area contributed by atoms with Crippen LogP contribution in [0.15, 0.2) is 0 Å². The number of carbonyl (C=O) groups excluding carboxylic acids is 1. The third-order valence-corrected chi connectivity index (χ3v) is 4.55. The average Bonchev–Trinajstić information content (AvgIpc) is 2.50. The minimum atomic E-state index is -0.0926.